The van der Waals surface area contributed by atoms with Crippen molar-refractivity contribution in [1.29, 1.82) is 0 Å². The van der Waals surface area contributed by atoms with E-state index in [4.69, 9.17) is 9.47 Å². The molecule has 3 rings (SSSR count). The monoisotopic (exact) mass is 330 g/mol. The Morgan fingerprint density at radius 3 is 3.08 bits per heavy atom. The van der Waals surface area contributed by atoms with Gasteiger partial charge in [-0.2, -0.15) is 4.98 Å². The number of nitrogens with one attached hydrogen (secondary N) is 1. The normalized spacial score (nSPS) is 17.4. The lowest BCUT2D eigenvalue weighted by Crippen LogP contribution is -2.45. The highest BCUT2D eigenvalue weighted by molar-refractivity contribution is 5.93. The second-order valence-corrected chi connectivity index (χ2v) is 5.43. The number of hydrogen-bond donors (Lipinski definition) is 1. The predicted octanol–water partition coefficient (Wildman–Crippen LogP) is 0.857. The zero-order chi connectivity index (χ0) is 16.9. The molecule has 8 nitrogen and oxygen atoms in total. The maximum absolute atomic E-state index is 12.5. The Morgan fingerprint density at radius 2 is 2.29 bits per heavy atom. The molecule has 0 aromatic carbocycles. The Hall–Kier alpha value is -2.90. The average Bonchev–Trinajstić information content (AvgIpc) is 2.62. The van der Waals surface area contributed by atoms with E-state index >= 15 is 0 Å². The van der Waals surface area contributed by atoms with Gasteiger partial charge >= 0.3 is 6.01 Å². The molecule has 1 aliphatic heterocycles. The first-order valence-corrected chi connectivity index (χ1v) is 7.68. The maximum atomic E-state index is 12.5. The van der Waals surface area contributed by atoms with E-state index in [-0.39, 0.29) is 29.1 Å². The third-order valence-corrected chi connectivity index (χ3v) is 3.79. The van der Waals surface area contributed by atoms with Gasteiger partial charge in [-0.15, -0.1) is 0 Å². The summed E-state index contributed by atoms with van der Waals surface area (Å²) in [6.45, 7) is 1.000. The number of pyridine rings is 1. The maximum Gasteiger partial charge on any atom is 0.319 e. The van der Waals surface area contributed by atoms with Crippen molar-refractivity contribution in [3.63, 3.8) is 0 Å². The molecule has 1 atom stereocenters. The fraction of sp³-hybridized carbons (Fsp3) is 0.375. The van der Waals surface area contributed by atoms with Crippen LogP contribution in [0.4, 0.5) is 0 Å². The van der Waals surface area contributed by atoms with Crippen molar-refractivity contribution in [2.75, 3.05) is 20.2 Å². The van der Waals surface area contributed by atoms with E-state index in [1.165, 1.54) is 19.4 Å². The van der Waals surface area contributed by atoms with Crippen LogP contribution in [0, 0.1) is 0 Å². The smallest absolute Gasteiger partial charge is 0.319 e. The number of carbonyl (C=O) groups is 1. The summed E-state index contributed by atoms with van der Waals surface area (Å²) in [4.78, 5) is 36.5. The van der Waals surface area contributed by atoms with Crippen LogP contribution in [0.15, 0.2) is 35.4 Å². The summed E-state index contributed by atoms with van der Waals surface area (Å²) < 4.78 is 10.8. The van der Waals surface area contributed by atoms with Crippen molar-refractivity contribution in [3.05, 3.63) is 46.5 Å². The Kier molecular flexibility index (Phi) is 4.74. The number of aromatic amines is 1. The summed E-state index contributed by atoms with van der Waals surface area (Å²) >= 11 is 0. The van der Waals surface area contributed by atoms with Crippen LogP contribution in [0.1, 0.15) is 23.2 Å². The average molecular weight is 330 g/mol. The molecule has 126 valence electrons. The summed E-state index contributed by atoms with van der Waals surface area (Å²) in [6, 6.07) is 5.04. The molecule has 1 aliphatic rings. The Morgan fingerprint density at radius 1 is 1.42 bits per heavy atom. The lowest BCUT2D eigenvalue weighted by molar-refractivity contribution is 0.0524. The van der Waals surface area contributed by atoms with Crippen molar-refractivity contribution in [2.24, 2.45) is 0 Å². The quantitative estimate of drug-likeness (QED) is 0.893. The van der Waals surface area contributed by atoms with E-state index in [1.54, 1.807) is 23.2 Å². The van der Waals surface area contributed by atoms with Gasteiger partial charge in [0, 0.05) is 25.0 Å². The first kappa shape index (κ1) is 16.0. The number of nitrogens with zero attached hydrogens (tertiary/aromatic N) is 3. The molecule has 2 aromatic heterocycles. The zero-order valence-electron chi connectivity index (χ0n) is 13.3. The highest BCUT2D eigenvalue weighted by Gasteiger charge is 2.27. The van der Waals surface area contributed by atoms with E-state index in [0.717, 1.165) is 12.8 Å². The number of hydrogen-bond acceptors (Lipinski definition) is 6. The van der Waals surface area contributed by atoms with Gasteiger partial charge in [-0.3, -0.25) is 9.59 Å². The van der Waals surface area contributed by atoms with Crippen molar-refractivity contribution >= 4 is 5.91 Å². The number of aromatic nitrogens is 3. The van der Waals surface area contributed by atoms with E-state index < -0.39 is 0 Å². The first-order chi connectivity index (χ1) is 11.7. The topological polar surface area (TPSA) is 97.4 Å². The summed E-state index contributed by atoms with van der Waals surface area (Å²) in [5, 5.41) is 0. The lowest BCUT2D eigenvalue weighted by Gasteiger charge is -2.32. The van der Waals surface area contributed by atoms with Crippen molar-refractivity contribution < 1.29 is 14.3 Å². The Balaban J connectivity index is 1.69. The SMILES string of the molecule is COc1nccc(OC2CCCN(C(=O)c3ccc[nH]c3=O)C2)n1. The van der Waals surface area contributed by atoms with E-state index in [0.29, 0.717) is 19.0 Å². The van der Waals surface area contributed by atoms with Crippen LogP contribution in [0.3, 0.4) is 0 Å². The number of ether oxygens (including phenoxy) is 2. The molecule has 1 N–H and O–H groups in total. The summed E-state index contributed by atoms with van der Waals surface area (Å²) in [5.41, 5.74) is -0.243. The van der Waals surface area contributed by atoms with Gasteiger partial charge in [-0.25, -0.2) is 4.98 Å². The number of carbonyl (C=O) groups excluding carboxylic acids is 1. The summed E-state index contributed by atoms with van der Waals surface area (Å²) in [5.74, 6) is 0.115. The van der Waals surface area contributed by atoms with Gasteiger partial charge in [0.1, 0.15) is 11.7 Å². The largest absolute Gasteiger partial charge is 0.472 e. The standard InChI is InChI=1S/C16H18N4O4/c1-23-16-18-8-6-13(19-16)24-11-4-3-9-20(10-11)15(22)12-5-2-7-17-14(12)21/h2,5-8,11H,3-4,9-10H2,1H3,(H,17,21). The molecular weight excluding hydrogens is 312 g/mol. The van der Waals surface area contributed by atoms with Crippen molar-refractivity contribution in [2.45, 2.75) is 18.9 Å². The summed E-state index contributed by atoms with van der Waals surface area (Å²) in [7, 11) is 1.48. The number of likely N-dealkylation sites (tertiary alicyclic amines) is 1. The van der Waals surface area contributed by atoms with Gasteiger partial charge in [0.25, 0.3) is 11.5 Å². The minimum atomic E-state index is -0.383. The predicted molar refractivity (Wildman–Crippen MR) is 85.2 cm³/mol. The number of rotatable bonds is 4. The molecule has 0 radical (unpaired) electrons. The van der Waals surface area contributed by atoms with Gasteiger partial charge in [0.15, 0.2) is 0 Å². The molecule has 2 aromatic rings. The molecule has 0 spiro atoms. The molecule has 0 bridgehead atoms. The van der Waals surface area contributed by atoms with Crippen LogP contribution >= 0.6 is 0 Å². The van der Waals surface area contributed by atoms with Crippen molar-refractivity contribution in [1.82, 2.24) is 19.9 Å². The Labute approximate surface area is 138 Å². The minimum absolute atomic E-state index is 0.141. The first-order valence-electron chi connectivity index (χ1n) is 7.68. The molecule has 8 heteroatoms. The molecular formula is C16H18N4O4. The van der Waals surface area contributed by atoms with Gasteiger partial charge in [0.2, 0.25) is 5.88 Å². The Bertz CT molecular complexity index is 776. The zero-order valence-corrected chi connectivity index (χ0v) is 13.3. The van der Waals surface area contributed by atoms with Crippen LogP contribution in [0.5, 0.6) is 11.9 Å². The second kappa shape index (κ2) is 7.12. The van der Waals surface area contributed by atoms with Gasteiger partial charge in [-0.1, -0.05) is 0 Å². The molecule has 0 saturated carbocycles. The van der Waals surface area contributed by atoms with Gasteiger partial charge in [-0.05, 0) is 25.0 Å². The minimum Gasteiger partial charge on any atom is -0.472 e. The number of amides is 1. The van der Waals surface area contributed by atoms with Gasteiger partial charge < -0.3 is 19.4 Å². The van der Waals surface area contributed by atoms with Crippen LogP contribution in [-0.2, 0) is 0 Å². The molecule has 1 unspecified atom stereocenters. The number of piperidine rings is 1. The fourth-order valence-electron chi connectivity index (χ4n) is 2.64. The van der Waals surface area contributed by atoms with Crippen LogP contribution < -0.4 is 15.0 Å². The van der Waals surface area contributed by atoms with Crippen LogP contribution in [0.2, 0.25) is 0 Å². The van der Waals surface area contributed by atoms with Crippen LogP contribution in [-0.4, -0.2) is 52.1 Å². The fourth-order valence-corrected chi connectivity index (χ4v) is 2.64. The highest BCUT2D eigenvalue weighted by Crippen LogP contribution is 2.18. The van der Waals surface area contributed by atoms with E-state index in [2.05, 4.69) is 15.0 Å². The number of H-pyrrole nitrogens is 1. The third-order valence-electron chi connectivity index (χ3n) is 3.79. The number of methoxy groups -OCH3 is 1. The molecule has 0 aliphatic carbocycles. The third kappa shape index (κ3) is 3.53. The summed E-state index contributed by atoms with van der Waals surface area (Å²) in [6.07, 6.45) is 4.47. The van der Waals surface area contributed by atoms with E-state index in [9.17, 15) is 9.59 Å². The van der Waals surface area contributed by atoms with Crippen molar-refractivity contribution in [3.8, 4) is 11.9 Å². The molecule has 1 saturated heterocycles. The van der Waals surface area contributed by atoms with E-state index in [1.807, 2.05) is 0 Å². The molecule has 3 heterocycles. The second-order valence-electron chi connectivity index (χ2n) is 5.43. The lowest BCUT2D eigenvalue weighted by atomic mass is 10.1. The molecule has 24 heavy (non-hydrogen) atoms. The molecule has 1 fully saturated rings. The molecule has 1 amide bonds. The highest BCUT2D eigenvalue weighted by atomic mass is 16.5. The van der Waals surface area contributed by atoms with Crippen LogP contribution in [0.25, 0.3) is 0 Å². The van der Waals surface area contributed by atoms with Gasteiger partial charge in [0.05, 0.1) is 13.7 Å².